The molecule has 6 heterocycles. The number of hydrogen-bond acceptors (Lipinski definition) is 12. The van der Waals surface area contributed by atoms with Crippen LogP contribution in [0.1, 0.15) is 5.82 Å². The van der Waals surface area contributed by atoms with Crippen LogP contribution in [0.25, 0.3) is 22.3 Å². The zero-order valence-corrected chi connectivity index (χ0v) is 23.6. The average Bonchev–Trinajstić information content (AvgIpc) is 3.73. The lowest BCUT2D eigenvalue weighted by molar-refractivity contribution is 0.589. The molecule has 0 aromatic carbocycles. The zero-order valence-electron chi connectivity index (χ0n) is 19.5. The quantitative estimate of drug-likeness (QED) is 0.216. The van der Waals surface area contributed by atoms with Crippen LogP contribution in [0.4, 0.5) is 5.95 Å². The Morgan fingerprint density at radius 2 is 1.33 bits per heavy atom. The molecule has 0 radical (unpaired) electrons. The summed E-state index contributed by atoms with van der Waals surface area (Å²) in [6, 6.07) is 12.9. The minimum absolute atomic E-state index is 0.0158. The maximum atomic E-state index is 12.7. The summed E-state index contributed by atoms with van der Waals surface area (Å²) in [5.41, 5.74) is 6.94. The first-order valence-corrected chi connectivity index (χ1v) is 15.7. The van der Waals surface area contributed by atoms with Crippen LogP contribution in [0.2, 0.25) is 0 Å². The van der Waals surface area contributed by atoms with Gasteiger partial charge in [0.1, 0.15) is 24.4 Å². The van der Waals surface area contributed by atoms with Gasteiger partial charge in [0.15, 0.2) is 17.1 Å². The molecule has 0 bridgehead atoms. The van der Waals surface area contributed by atoms with Crippen molar-refractivity contribution in [3.05, 3.63) is 77.5 Å². The Kier molecular flexibility index (Phi) is 7.08. The highest BCUT2D eigenvalue weighted by Gasteiger charge is 2.27. The fraction of sp³-hybridized carbons (Fsp3) is 0. The van der Waals surface area contributed by atoms with Gasteiger partial charge in [0, 0.05) is 12.4 Å². The Morgan fingerprint density at radius 1 is 0.821 bits per heavy atom. The van der Waals surface area contributed by atoms with Crippen LogP contribution in [0.3, 0.4) is 0 Å². The van der Waals surface area contributed by atoms with Crippen molar-refractivity contribution in [1.29, 1.82) is 0 Å². The van der Waals surface area contributed by atoms with E-state index in [0.29, 0.717) is 16.7 Å². The van der Waals surface area contributed by atoms with E-state index in [1.54, 1.807) is 53.4 Å². The molecule has 0 aliphatic carbocycles. The number of nitrogens with zero attached hydrogens (tertiary/aromatic N) is 7. The standard InChI is InChI=1S/C11H8N4O2S3.C11H8N4O2S2/c12-9(18)11-14-10-7(3-1-5-13-10)15(11)20(16,17)8-4-2-6-19-8;1-12-11-14-10-8(4-2-6-13-10)15(11)19(16,17)9-5-3-7-18-9/h1-6H,(H2,12,18);2-7H,1H2. The Hall–Kier alpha value is -3.90. The van der Waals surface area contributed by atoms with E-state index in [-0.39, 0.29) is 30.8 Å². The third-order valence-electron chi connectivity index (χ3n) is 5.10. The highest BCUT2D eigenvalue weighted by molar-refractivity contribution is 7.92. The Morgan fingerprint density at radius 3 is 1.82 bits per heavy atom. The Labute approximate surface area is 235 Å². The molecule has 0 saturated heterocycles. The number of pyridine rings is 2. The van der Waals surface area contributed by atoms with Crippen molar-refractivity contribution in [3.63, 3.8) is 0 Å². The normalized spacial score (nSPS) is 11.8. The molecule has 6 rings (SSSR count). The number of aliphatic imine (C=N–C) groups is 1. The summed E-state index contributed by atoms with van der Waals surface area (Å²) in [6.45, 7) is 3.36. The SMILES string of the molecule is C=Nc1nc2ncccc2n1S(=O)(=O)c1cccs1.NC(=S)c1nc2ncccc2n1S(=O)(=O)c1cccs1. The molecule has 17 heteroatoms. The van der Waals surface area contributed by atoms with Crippen molar-refractivity contribution < 1.29 is 16.8 Å². The zero-order chi connectivity index (χ0) is 27.8. The lowest BCUT2D eigenvalue weighted by atomic mass is 10.4. The number of thiocarbonyl (C=S) groups is 1. The minimum Gasteiger partial charge on any atom is -0.387 e. The minimum atomic E-state index is -3.79. The molecule has 0 aliphatic heterocycles. The molecule has 0 aliphatic rings. The summed E-state index contributed by atoms with van der Waals surface area (Å²) in [7, 11) is -7.51. The summed E-state index contributed by atoms with van der Waals surface area (Å²) in [5.74, 6) is 0.0317. The third-order valence-corrected chi connectivity index (χ3v) is 11.4. The lowest BCUT2D eigenvalue weighted by Gasteiger charge is -2.07. The van der Waals surface area contributed by atoms with Crippen LogP contribution in [0, 0.1) is 0 Å². The molecule has 0 spiro atoms. The van der Waals surface area contributed by atoms with Gasteiger partial charge in [-0.1, -0.05) is 24.4 Å². The van der Waals surface area contributed by atoms with Crippen LogP contribution >= 0.6 is 34.9 Å². The predicted molar refractivity (Wildman–Crippen MR) is 154 cm³/mol. The van der Waals surface area contributed by atoms with Gasteiger partial charge in [0.25, 0.3) is 20.0 Å². The molecule has 0 unspecified atom stereocenters. The fourth-order valence-corrected chi connectivity index (χ4v) is 8.70. The van der Waals surface area contributed by atoms with Crippen LogP contribution in [-0.2, 0) is 20.0 Å². The molecular weight excluding hydrogens is 601 g/mol. The first kappa shape index (κ1) is 26.7. The van der Waals surface area contributed by atoms with Crippen LogP contribution in [0.5, 0.6) is 0 Å². The lowest BCUT2D eigenvalue weighted by Crippen LogP contribution is -2.22. The summed E-state index contributed by atoms with van der Waals surface area (Å²) >= 11 is 7.15. The van der Waals surface area contributed by atoms with Gasteiger partial charge in [-0.25, -0.2) is 23.9 Å². The van der Waals surface area contributed by atoms with Gasteiger partial charge in [0.2, 0.25) is 5.95 Å². The van der Waals surface area contributed by atoms with Gasteiger partial charge in [-0.05, 0) is 53.9 Å². The summed E-state index contributed by atoms with van der Waals surface area (Å²) in [5, 5.41) is 3.38. The number of rotatable bonds is 6. The third kappa shape index (κ3) is 4.74. The number of thiophene rings is 2. The highest BCUT2D eigenvalue weighted by Crippen LogP contribution is 2.28. The maximum Gasteiger partial charge on any atom is 0.280 e. The van der Waals surface area contributed by atoms with Crippen LogP contribution < -0.4 is 5.73 Å². The molecule has 12 nitrogen and oxygen atoms in total. The molecule has 0 atom stereocenters. The maximum absolute atomic E-state index is 12.7. The van der Waals surface area contributed by atoms with E-state index < -0.39 is 20.0 Å². The van der Waals surface area contributed by atoms with E-state index in [2.05, 4.69) is 31.6 Å². The molecular formula is C22H16N8O4S5. The number of hydrogen-bond donors (Lipinski definition) is 1. The summed E-state index contributed by atoms with van der Waals surface area (Å²) < 4.78 is 53.0. The second-order valence-corrected chi connectivity index (χ2v) is 13.8. The molecule has 0 saturated carbocycles. The van der Waals surface area contributed by atoms with Gasteiger partial charge in [-0.15, -0.1) is 22.7 Å². The van der Waals surface area contributed by atoms with Gasteiger partial charge in [0.05, 0.1) is 0 Å². The van der Waals surface area contributed by atoms with Crippen molar-refractivity contribution >= 4 is 94.9 Å². The number of aromatic nitrogens is 6. The van der Waals surface area contributed by atoms with Crippen LogP contribution in [-0.4, -0.2) is 56.4 Å². The van der Waals surface area contributed by atoms with Crippen molar-refractivity contribution in [2.75, 3.05) is 0 Å². The molecule has 0 amide bonds. The second-order valence-electron chi connectivity index (χ2n) is 7.46. The second kappa shape index (κ2) is 10.3. The van der Waals surface area contributed by atoms with E-state index in [0.717, 1.165) is 30.6 Å². The first-order chi connectivity index (χ1) is 18.7. The predicted octanol–water partition coefficient (Wildman–Crippen LogP) is 3.43. The van der Waals surface area contributed by atoms with Crippen molar-refractivity contribution in [1.82, 2.24) is 27.9 Å². The topological polar surface area (TPSA) is 168 Å². The average molecular weight is 617 g/mol. The molecule has 0 fully saturated rings. The van der Waals surface area contributed by atoms with E-state index in [1.165, 1.54) is 18.3 Å². The van der Waals surface area contributed by atoms with E-state index in [4.69, 9.17) is 18.0 Å². The largest absolute Gasteiger partial charge is 0.387 e. The molecule has 2 N–H and O–H groups in total. The molecule has 39 heavy (non-hydrogen) atoms. The first-order valence-electron chi connectivity index (χ1n) is 10.7. The molecule has 198 valence electrons. The molecule has 6 aromatic heterocycles. The Bertz CT molecular complexity index is 2050. The van der Waals surface area contributed by atoms with Crippen LogP contribution in [0.15, 0.2) is 85.1 Å². The fourth-order valence-electron chi connectivity index (χ4n) is 3.51. The number of nitrogens with two attached hydrogens (primary N) is 1. The van der Waals surface area contributed by atoms with Gasteiger partial charge >= 0.3 is 0 Å². The van der Waals surface area contributed by atoms with Gasteiger partial charge in [-0.3, -0.25) is 0 Å². The number of fused-ring (bicyclic) bond motifs is 2. The number of imidazole rings is 2. The highest BCUT2D eigenvalue weighted by atomic mass is 32.3. The van der Waals surface area contributed by atoms with Gasteiger partial charge in [-0.2, -0.15) is 25.8 Å². The Balaban J connectivity index is 0.000000158. The smallest absolute Gasteiger partial charge is 0.280 e. The van der Waals surface area contributed by atoms with E-state index >= 15 is 0 Å². The monoisotopic (exact) mass is 616 g/mol. The van der Waals surface area contributed by atoms with Crippen molar-refractivity contribution in [2.45, 2.75) is 8.42 Å². The molecule has 6 aromatic rings. The van der Waals surface area contributed by atoms with Crippen molar-refractivity contribution in [2.24, 2.45) is 10.7 Å². The van der Waals surface area contributed by atoms with E-state index in [1.807, 2.05) is 0 Å². The summed E-state index contributed by atoms with van der Waals surface area (Å²) in [6.07, 6.45) is 3.07. The summed E-state index contributed by atoms with van der Waals surface area (Å²) in [4.78, 5) is 19.8. The van der Waals surface area contributed by atoms with E-state index in [9.17, 15) is 16.8 Å². The van der Waals surface area contributed by atoms with Gasteiger partial charge < -0.3 is 5.73 Å². The van der Waals surface area contributed by atoms with Crippen molar-refractivity contribution in [3.8, 4) is 0 Å².